The van der Waals surface area contributed by atoms with Gasteiger partial charge in [0.15, 0.2) is 0 Å². The summed E-state index contributed by atoms with van der Waals surface area (Å²) in [7, 11) is -3.71. The van der Waals surface area contributed by atoms with Gasteiger partial charge in [-0.05, 0) is 31.2 Å². The molecular formula is C13H12Cl2N2O2S. The molecule has 0 aliphatic carbocycles. The first-order chi connectivity index (χ1) is 9.29. The predicted molar refractivity (Wildman–Crippen MR) is 82.9 cm³/mol. The third-order valence-corrected chi connectivity index (χ3v) is 4.77. The van der Waals surface area contributed by atoms with Crippen molar-refractivity contribution in [2.24, 2.45) is 0 Å². The van der Waals surface area contributed by atoms with Gasteiger partial charge in [-0.25, -0.2) is 8.42 Å². The van der Waals surface area contributed by atoms with Crippen LogP contribution in [0, 0.1) is 6.92 Å². The van der Waals surface area contributed by atoms with Crippen LogP contribution in [0.25, 0.3) is 0 Å². The molecule has 2 aromatic carbocycles. The molecule has 0 aliphatic rings. The summed E-state index contributed by atoms with van der Waals surface area (Å²) in [4.78, 5) is 0.147. The molecule has 0 bridgehead atoms. The van der Waals surface area contributed by atoms with Crippen LogP contribution in [0.5, 0.6) is 0 Å². The number of hydrogen-bond acceptors (Lipinski definition) is 3. The number of hydrogen-bond donors (Lipinski definition) is 2. The van der Waals surface area contributed by atoms with Crippen LogP contribution >= 0.6 is 23.2 Å². The Balaban J connectivity index is 2.38. The highest BCUT2D eigenvalue weighted by molar-refractivity contribution is 7.92. The van der Waals surface area contributed by atoms with E-state index < -0.39 is 10.0 Å². The third-order valence-electron chi connectivity index (χ3n) is 2.67. The first kappa shape index (κ1) is 15.0. The van der Waals surface area contributed by atoms with Crippen molar-refractivity contribution in [1.82, 2.24) is 0 Å². The Hall–Kier alpha value is -1.43. The van der Waals surface area contributed by atoms with E-state index in [1.54, 1.807) is 12.1 Å². The summed E-state index contributed by atoms with van der Waals surface area (Å²) >= 11 is 11.7. The molecule has 0 fully saturated rings. The molecule has 3 N–H and O–H groups in total. The number of nitrogen functional groups attached to an aromatic ring is 1. The van der Waals surface area contributed by atoms with Crippen LogP contribution in [0.2, 0.25) is 10.0 Å². The number of sulfonamides is 1. The molecule has 4 nitrogen and oxygen atoms in total. The van der Waals surface area contributed by atoms with E-state index in [1.807, 2.05) is 6.92 Å². The zero-order valence-corrected chi connectivity index (χ0v) is 12.9. The first-order valence-corrected chi connectivity index (χ1v) is 7.87. The van der Waals surface area contributed by atoms with Crippen molar-refractivity contribution in [3.05, 3.63) is 52.0 Å². The van der Waals surface area contributed by atoms with Gasteiger partial charge in [0.05, 0.1) is 26.3 Å². The Morgan fingerprint density at radius 3 is 2.20 bits per heavy atom. The average molecular weight is 331 g/mol. The Kier molecular flexibility index (Phi) is 4.13. The fraction of sp³-hybridized carbons (Fsp3) is 0.0769. The number of aryl methyl sites for hydroxylation is 1. The summed E-state index contributed by atoms with van der Waals surface area (Å²) in [6.07, 6.45) is 0. The lowest BCUT2D eigenvalue weighted by Gasteiger charge is -2.11. The van der Waals surface area contributed by atoms with E-state index in [-0.39, 0.29) is 26.3 Å². The van der Waals surface area contributed by atoms with Crippen LogP contribution < -0.4 is 10.5 Å². The largest absolute Gasteiger partial charge is 0.397 e. The predicted octanol–water partition coefficient (Wildman–Crippen LogP) is 3.68. The highest BCUT2D eigenvalue weighted by Crippen LogP contribution is 2.32. The SMILES string of the molecule is Cc1ccc(S(=O)(=O)Nc2cc(Cl)c(Cl)cc2N)cc1. The minimum absolute atomic E-state index is 0.147. The molecule has 7 heteroatoms. The van der Waals surface area contributed by atoms with Crippen LogP contribution in [0.3, 0.4) is 0 Å². The van der Waals surface area contributed by atoms with E-state index in [0.717, 1.165) is 5.56 Å². The zero-order chi connectivity index (χ0) is 14.9. The summed E-state index contributed by atoms with van der Waals surface area (Å²) in [6, 6.07) is 9.25. The number of anilines is 2. The zero-order valence-electron chi connectivity index (χ0n) is 10.5. The Morgan fingerprint density at radius 2 is 1.60 bits per heavy atom. The molecule has 0 spiro atoms. The number of benzene rings is 2. The number of nitrogens with one attached hydrogen (secondary N) is 1. The first-order valence-electron chi connectivity index (χ1n) is 5.63. The molecule has 0 aromatic heterocycles. The summed E-state index contributed by atoms with van der Waals surface area (Å²) < 4.78 is 26.8. The van der Waals surface area contributed by atoms with Crippen LogP contribution in [0.4, 0.5) is 11.4 Å². The molecule has 0 saturated carbocycles. The Bertz CT molecular complexity index is 744. The van der Waals surface area contributed by atoms with Gasteiger partial charge in [0.25, 0.3) is 10.0 Å². The third kappa shape index (κ3) is 3.17. The normalized spacial score (nSPS) is 11.3. The van der Waals surface area contributed by atoms with Crippen molar-refractivity contribution in [3.63, 3.8) is 0 Å². The van der Waals surface area contributed by atoms with Crippen molar-refractivity contribution in [2.45, 2.75) is 11.8 Å². The second-order valence-electron chi connectivity index (χ2n) is 4.27. The molecule has 0 heterocycles. The number of nitrogens with two attached hydrogens (primary N) is 1. The van der Waals surface area contributed by atoms with Crippen molar-refractivity contribution < 1.29 is 8.42 Å². The van der Waals surface area contributed by atoms with Crippen molar-refractivity contribution >= 4 is 44.6 Å². The van der Waals surface area contributed by atoms with Crippen LogP contribution in [-0.2, 0) is 10.0 Å². The molecule has 2 aromatic rings. The lowest BCUT2D eigenvalue weighted by Crippen LogP contribution is -2.14. The van der Waals surface area contributed by atoms with Gasteiger partial charge >= 0.3 is 0 Å². The maximum atomic E-state index is 12.2. The molecule has 0 atom stereocenters. The molecule has 106 valence electrons. The quantitative estimate of drug-likeness (QED) is 0.843. The summed E-state index contributed by atoms with van der Waals surface area (Å²) in [5.41, 5.74) is 7.10. The van der Waals surface area contributed by atoms with Gasteiger partial charge in [-0.15, -0.1) is 0 Å². The highest BCUT2D eigenvalue weighted by Gasteiger charge is 2.16. The van der Waals surface area contributed by atoms with E-state index >= 15 is 0 Å². The topological polar surface area (TPSA) is 72.2 Å². The Morgan fingerprint density at radius 1 is 1.05 bits per heavy atom. The molecule has 2 rings (SSSR count). The van der Waals surface area contributed by atoms with Crippen LogP contribution in [0.15, 0.2) is 41.3 Å². The van der Waals surface area contributed by atoms with E-state index in [4.69, 9.17) is 28.9 Å². The van der Waals surface area contributed by atoms with Gasteiger partial charge in [0, 0.05) is 0 Å². The van der Waals surface area contributed by atoms with Gasteiger partial charge in [0.2, 0.25) is 0 Å². The van der Waals surface area contributed by atoms with Crippen LogP contribution in [0.1, 0.15) is 5.56 Å². The molecule has 0 radical (unpaired) electrons. The fourth-order valence-corrected chi connectivity index (χ4v) is 2.99. The van der Waals surface area contributed by atoms with E-state index in [9.17, 15) is 8.42 Å². The highest BCUT2D eigenvalue weighted by atomic mass is 35.5. The summed E-state index contributed by atoms with van der Waals surface area (Å²) in [5, 5.41) is 0.491. The minimum atomic E-state index is -3.71. The molecule has 0 aliphatic heterocycles. The molecule has 0 amide bonds. The van der Waals surface area contributed by atoms with Gasteiger partial charge < -0.3 is 5.73 Å². The van der Waals surface area contributed by atoms with Gasteiger partial charge in [0.1, 0.15) is 0 Å². The van der Waals surface area contributed by atoms with Crippen molar-refractivity contribution in [3.8, 4) is 0 Å². The maximum Gasteiger partial charge on any atom is 0.261 e. The van der Waals surface area contributed by atoms with Crippen molar-refractivity contribution in [2.75, 3.05) is 10.5 Å². The van der Waals surface area contributed by atoms with Gasteiger partial charge in [-0.2, -0.15) is 0 Å². The average Bonchev–Trinajstić information content (AvgIpc) is 2.36. The molecule has 0 saturated heterocycles. The lowest BCUT2D eigenvalue weighted by atomic mass is 10.2. The maximum absolute atomic E-state index is 12.2. The second-order valence-corrected chi connectivity index (χ2v) is 6.77. The second kappa shape index (κ2) is 5.52. The number of rotatable bonds is 3. The standard InChI is InChI=1S/C13H12Cl2N2O2S/c1-8-2-4-9(5-3-8)20(18,19)17-13-7-11(15)10(14)6-12(13)16/h2-7,17H,16H2,1H3. The fourth-order valence-electron chi connectivity index (χ4n) is 1.57. The smallest absolute Gasteiger partial charge is 0.261 e. The van der Waals surface area contributed by atoms with Crippen molar-refractivity contribution in [1.29, 1.82) is 0 Å². The molecule has 20 heavy (non-hydrogen) atoms. The summed E-state index contributed by atoms with van der Waals surface area (Å²) in [6.45, 7) is 1.88. The molecule has 0 unspecified atom stereocenters. The Labute approximate surface area is 127 Å². The minimum Gasteiger partial charge on any atom is -0.397 e. The number of halogens is 2. The monoisotopic (exact) mass is 330 g/mol. The van der Waals surface area contributed by atoms with Crippen LogP contribution in [-0.4, -0.2) is 8.42 Å². The van der Waals surface area contributed by atoms with E-state index in [0.29, 0.717) is 0 Å². The van der Waals surface area contributed by atoms with E-state index in [2.05, 4.69) is 4.72 Å². The van der Waals surface area contributed by atoms with Gasteiger partial charge in [-0.1, -0.05) is 40.9 Å². The lowest BCUT2D eigenvalue weighted by molar-refractivity contribution is 0.601. The van der Waals surface area contributed by atoms with Gasteiger partial charge in [-0.3, -0.25) is 4.72 Å². The summed E-state index contributed by atoms with van der Waals surface area (Å²) in [5.74, 6) is 0. The molecular weight excluding hydrogens is 319 g/mol. The van der Waals surface area contributed by atoms with E-state index in [1.165, 1.54) is 24.3 Å².